The Kier molecular flexibility index (Phi) is 4.37. The van der Waals surface area contributed by atoms with Crippen LogP contribution >= 0.6 is 11.3 Å². The van der Waals surface area contributed by atoms with Gasteiger partial charge in [-0.15, -0.1) is 11.3 Å². The third-order valence-electron chi connectivity index (χ3n) is 5.04. The van der Waals surface area contributed by atoms with Gasteiger partial charge in [0, 0.05) is 19.1 Å². The number of benzene rings is 1. The standard InChI is InChI=1S/C18H25N3OS/c1-12-3-5-14(19-10-12)13-4-6-17-15(9-13)20-18(23-17)16-11-21(2)7-8-22-16/h4,6,9,12,14,16,19H,3,5,7-8,10-11H2,1-2H3/t12-,14+,16?/m0/s1. The topological polar surface area (TPSA) is 37.4 Å². The van der Waals surface area contributed by atoms with E-state index in [1.807, 2.05) is 0 Å². The molecule has 0 saturated carbocycles. The van der Waals surface area contributed by atoms with Crippen molar-refractivity contribution < 1.29 is 4.74 Å². The van der Waals surface area contributed by atoms with E-state index in [2.05, 4.69) is 42.4 Å². The van der Waals surface area contributed by atoms with Gasteiger partial charge in [-0.2, -0.15) is 0 Å². The van der Waals surface area contributed by atoms with E-state index in [9.17, 15) is 0 Å². The molecule has 0 spiro atoms. The predicted octanol–water partition coefficient (Wildman–Crippen LogP) is 3.36. The zero-order chi connectivity index (χ0) is 15.8. The fourth-order valence-electron chi connectivity index (χ4n) is 3.53. The Bertz CT molecular complexity index is 678. The number of rotatable bonds is 2. The normalized spacial score (nSPS) is 29.9. The summed E-state index contributed by atoms with van der Waals surface area (Å²) in [6, 6.07) is 7.26. The monoisotopic (exact) mass is 331 g/mol. The number of morpholine rings is 1. The van der Waals surface area contributed by atoms with E-state index in [4.69, 9.17) is 9.72 Å². The molecular formula is C18H25N3OS. The Labute approximate surface area is 141 Å². The van der Waals surface area contributed by atoms with Crippen molar-refractivity contribution in [1.82, 2.24) is 15.2 Å². The average molecular weight is 331 g/mol. The molecule has 1 unspecified atom stereocenters. The van der Waals surface area contributed by atoms with Crippen molar-refractivity contribution in [2.45, 2.75) is 31.9 Å². The zero-order valence-electron chi connectivity index (χ0n) is 13.9. The van der Waals surface area contributed by atoms with E-state index in [-0.39, 0.29) is 6.10 Å². The van der Waals surface area contributed by atoms with Gasteiger partial charge in [0.2, 0.25) is 0 Å². The van der Waals surface area contributed by atoms with E-state index < -0.39 is 0 Å². The number of thiazole rings is 1. The molecule has 3 atom stereocenters. The Morgan fingerprint density at radius 2 is 2.26 bits per heavy atom. The van der Waals surface area contributed by atoms with Gasteiger partial charge in [-0.25, -0.2) is 4.98 Å². The second-order valence-electron chi connectivity index (χ2n) is 7.04. The first kappa shape index (κ1) is 15.5. The van der Waals surface area contributed by atoms with Crippen LogP contribution in [0.3, 0.4) is 0 Å². The van der Waals surface area contributed by atoms with Gasteiger partial charge < -0.3 is 15.0 Å². The number of likely N-dealkylation sites (N-methyl/N-ethyl adjacent to an activating group) is 1. The fourth-order valence-corrected chi connectivity index (χ4v) is 4.52. The maximum atomic E-state index is 5.92. The van der Waals surface area contributed by atoms with Crippen molar-refractivity contribution in [3.8, 4) is 0 Å². The van der Waals surface area contributed by atoms with Crippen molar-refractivity contribution in [2.75, 3.05) is 33.3 Å². The van der Waals surface area contributed by atoms with E-state index in [1.165, 1.54) is 23.1 Å². The SMILES string of the molecule is C[C@H]1CC[C@H](c2ccc3sc(C4CN(C)CCO4)nc3c2)NC1. The number of nitrogens with one attached hydrogen (secondary N) is 1. The molecule has 2 saturated heterocycles. The molecule has 4 rings (SSSR count). The summed E-state index contributed by atoms with van der Waals surface area (Å²) in [6.07, 6.45) is 2.66. The summed E-state index contributed by atoms with van der Waals surface area (Å²) >= 11 is 1.78. The van der Waals surface area contributed by atoms with Gasteiger partial charge in [0.05, 0.1) is 16.8 Å². The highest BCUT2D eigenvalue weighted by atomic mass is 32.1. The highest BCUT2D eigenvalue weighted by molar-refractivity contribution is 7.18. The summed E-state index contributed by atoms with van der Waals surface area (Å²) in [5, 5.41) is 4.79. The molecule has 2 aromatic rings. The maximum absolute atomic E-state index is 5.92. The van der Waals surface area contributed by atoms with Crippen molar-refractivity contribution in [3.63, 3.8) is 0 Å². The summed E-state index contributed by atoms with van der Waals surface area (Å²) in [5.74, 6) is 0.793. The molecule has 1 aromatic carbocycles. The van der Waals surface area contributed by atoms with Gasteiger partial charge in [0.25, 0.3) is 0 Å². The van der Waals surface area contributed by atoms with Crippen LogP contribution in [0.1, 0.15) is 42.5 Å². The smallest absolute Gasteiger partial charge is 0.124 e. The van der Waals surface area contributed by atoms with Gasteiger partial charge >= 0.3 is 0 Å². The van der Waals surface area contributed by atoms with Crippen molar-refractivity contribution >= 4 is 21.6 Å². The molecule has 1 N–H and O–H groups in total. The van der Waals surface area contributed by atoms with E-state index in [0.717, 1.165) is 42.7 Å². The number of ether oxygens (including phenoxy) is 1. The quantitative estimate of drug-likeness (QED) is 0.916. The summed E-state index contributed by atoms with van der Waals surface area (Å²) in [6.45, 7) is 6.19. The number of aromatic nitrogens is 1. The summed E-state index contributed by atoms with van der Waals surface area (Å²) in [5.41, 5.74) is 2.50. The molecule has 2 aliphatic rings. The highest BCUT2D eigenvalue weighted by Gasteiger charge is 2.24. The van der Waals surface area contributed by atoms with Gasteiger partial charge in [0.15, 0.2) is 0 Å². The van der Waals surface area contributed by atoms with Gasteiger partial charge in [-0.05, 0) is 50.0 Å². The van der Waals surface area contributed by atoms with Crippen LogP contribution in [0, 0.1) is 5.92 Å². The zero-order valence-corrected chi connectivity index (χ0v) is 14.7. The van der Waals surface area contributed by atoms with Crippen LogP contribution < -0.4 is 5.32 Å². The van der Waals surface area contributed by atoms with Crippen LogP contribution in [0.2, 0.25) is 0 Å². The Morgan fingerprint density at radius 3 is 3.04 bits per heavy atom. The molecule has 0 amide bonds. The number of hydrogen-bond acceptors (Lipinski definition) is 5. The minimum atomic E-state index is 0.128. The van der Waals surface area contributed by atoms with Crippen LogP contribution in [-0.4, -0.2) is 43.2 Å². The lowest BCUT2D eigenvalue weighted by Gasteiger charge is -2.28. The van der Waals surface area contributed by atoms with Crippen LogP contribution in [0.5, 0.6) is 0 Å². The number of fused-ring (bicyclic) bond motifs is 1. The maximum Gasteiger partial charge on any atom is 0.124 e. The Morgan fingerprint density at radius 1 is 1.35 bits per heavy atom. The van der Waals surface area contributed by atoms with E-state index in [0.29, 0.717) is 6.04 Å². The van der Waals surface area contributed by atoms with Crippen LogP contribution in [0.15, 0.2) is 18.2 Å². The van der Waals surface area contributed by atoms with Crippen LogP contribution in [-0.2, 0) is 4.74 Å². The molecule has 5 heteroatoms. The summed E-state index contributed by atoms with van der Waals surface area (Å²) < 4.78 is 7.18. The predicted molar refractivity (Wildman–Crippen MR) is 95.0 cm³/mol. The molecule has 0 aliphatic carbocycles. The van der Waals surface area contributed by atoms with Gasteiger partial charge in [-0.3, -0.25) is 0 Å². The highest BCUT2D eigenvalue weighted by Crippen LogP contribution is 2.33. The molecule has 124 valence electrons. The average Bonchev–Trinajstić information content (AvgIpc) is 2.99. The van der Waals surface area contributed by atoms with Crippen molar-refractivity contribution in [2.24, 2.45) is 5.92 Å². The lowest BCUT2D eigenvalue weighted by atomic mass is 9.92. The largest absolute Gasteiger partial charge is 0.368 e. The van der Waals surface area contributed by atoms with E-state index in [1.54, 1.807) is 11.3 Å². The summed E-state index contributed by atoms with van der Waals surface area (Å²) in [4.78, 5) is 7.20. The lowest BCUT2D eigenvalue weighted by molar-refractivity contribution is -0.0208. The third-order valence-corrected chi connectivity index (χ3v) is 6.16. The Balaban J connectivity index is 1.57. The molecule has 0 bridgehead atoms. The second-order valence-corrected chi connectivity index (χ2v) is 8.11. The molecular weight excluding hydrogens is 306 g/mol. The van der Waals surface area contributed by atoms with Crippen molar-refractivity contribution in [1.29, 1.82) is 0 Å². The van der Waals surface area contributed by atoms with Gasteiger partial charge in [0.1, 0.15) is 11.1 Å². The molecule has 0 radical (unpaired) electrons. The summed E-state index contributed by atoms with van der Waals surface area (Å²) in [7, 11) is 2.15. The molecule has 2 fully saturated rings. The first-order chi connectivity index (χ1) is 11.2. The number of piperidine rings is 1. The van der Waals surface area contributed by atoms with Gasteiger partial charge in [-0.1, -0.05) is 13.0 Å². The first-order valence-corrected chi connectivity index (χ1v) is 9.44. The minimum absolute atomic E-state index is 0.128. The van der Waals surface area contributed by atoms with Crippen LogP contribution in [0.4, 0.5) is 0 Å². The second kappa shape index (κ2) is 6.48. The molecule has 1 aromatic heterocycles. The Hall–Kier alpha value is -1.01. The molecule has 4 nitrogen and oxygen atoms in total. The molecule has 2 aliphatic heterocycles. The number of hydrogen-bond donors (Lipinski definition) is 1. The van der Waals surface area contributed by atoms with Crippen LogP contribution in [0.25, 0.3) is 10.2 Å². The van der Waals surface area contributed by atoms with Crippen molar-refractivity contribution in [3.05, 3.63) is 28.8 Å². The minimum Gasteiger partial charge on any atom is -0.368 e. The fraction of sp³-hybridized carbons (Fsp3) is 0.611. The first-order valence-electron chi connectivity index (χ1n) is 8.63. The molecule has 3 heterocycles. The molecule has 23 heavy (non-hydrogen) atoms. The van der Waals surface area contributed by atoms with E-state index >= 15 is 0 Å². The third kappa shape index (κ3) is 3.29. The lowest BCUT2D eigenvalue weighted by Crippen LogP contribution is -2.35. The number of nitrogens with zero attached hydrogens (tertiary/aromatic N) is 2.